The van der Waals surface area contributed by atoms with Gasteiger partial charge in [-0.2, -0.15) is 0 Å². The number of hydrogen-bond acceptors (Lipinski definition) is 3. The molecule has 0 saturated heterocycles. The Morgan fingerprint density at radius 1 is 1.56 bits per heavy atom. The third kappa shape index (κ3) is 3.19. The zero-order valence-electron chi connectivity index (χ0n) is 9.74. The van der Waals surface area contributed by atoms with Gasteiger partial charge in [-0.05, 0) is 48.3 Å². The Bertz CT molecular complexity index is 366. The number of nitrogens with zero attached hydrogens (tertiary/aromatic N) is 2. The zero-order valence-corrected chi connectivity index (χ0v) is 11.3. The normalized spacial score (nSPS) is 15.5. The lowest BCUT2D eigenvalue weighted by Gasteiger charge is -2.15. The molecule has 1 heterocycles. The van der Waals surface area contributed by atoms with Crippen LogP contribution in [0.25, 0.3) is 0 Å². The van der Waals surface area contributed by atoms with Crippen molar-refractivity contribution in [1.29, 1.82) is 0 Å². The molecule has 0 radical (unpaired) electrons. The molecule has 0 unspecified atom stereocenters. The fraction of sp³-hybridized carbons (Fsp3) is 0.583. The highest BCUT2D eigenvalue weighted by molar-refractivity contribution is 9.10. The van der Waals surface area contributed by atoms with Crippen LogP contribution in [0.3, 0.4) is 0 Å². The van der Waals surface area contributed by atoms with E-state index in [1.807, 2.05) is 13.0 Å². The van der Waals surface area contributed by atoms with Gasteiger partial charge in [-0.25, -0.2) is 4.98 Å². The van der Waals surface area contributed by atoms with Crippen LogP contribution >= 0.6 is 15.9 Å². The van der Waals surface area contributed by atoms with E-state index in [0.29, 0.717) is 12.5 Å². The Labute approximate surface area is 105 Å². The number of halogens is 1. The molecule has 1 saturated carbocycles. The van der Waals surface area contributed by atoms with Gasteiger partial charge in [0.1, 0.15) is 6.61 Å². The van der Waals surface area contributed by atoms with E-state index in [1.54, 1.807) is 6.20 Å². The number of aryl methyl sites for hydroxylation is 1. The van der Waals surface area contributed by atoms with Crippen LogP contribution in [0.1, 0.15) is 18.4 Å². The predicted octanol–water partition coefficient (Wildman–Crippen LogP) is 2.63. The molecule has 1 aromatic heterocycles. The van der Waals surface area contributed by atoms with Gasteiger partial charge in [0.25, 0.3) is 0 Å². The highest BCUT2D eigenvalue weighted by Crippen LogP contribution is 2.25. The fourth-order valence-corrected chi connectivity index (χ4v) is 1.80. The average molecular weight is 285 g/mol. The molecule has 1 fully saturated rings. The zero-order chi connectivity index (χ0) is 11.5. The summed E-state index contributed by atoms with van der Waals surface area (Å²) in [6, 6.07) is 2.75. The predicted molar refractivity (Wildman–Crippen MR) is 67.8 cm³/mol. The third-order valence-electron chi connectivity index (χ3n) is 2.89. The molecular weight excluding hydrogens is 268 g/mol. The lowest BCUT2D eigenvalue weighted by molar-refractivity contribution is 0.226. The Morgan fingerprint density at radius 3 is 2.94 bits per heavy atom. The van der Waals surface area contributed by atoms with Gasteiger partial charge in [-0.15, -0.1) is 0 Å². The van der Waals surface area contributed by atoms with Crippen LogP contribution in [-0.2, 0) is 0 Å². The van der Waals surface area contributed by atoms with Crippen LogP contribution < -0.4 is 4.74 Å². The van der Waals surface area contributed by atoms with Gasteiger partial charge in [0.15, 0.2) is 0 Å². The van der Waals surface area contributed by atoms with Gasteiger partial charge in [0.2, 0.25) is 5.88 Å². The van der Waals surface area contributed by atoms with E-state index in [4.69, 9.17) is 4.74 Å². The first-order chi connectivity index (χ1) is 7.66. The number of likely N-dealkylation sites (N-methyl/N-ethyl adjacent to an activating group) is 1. The quantitative estimate of drug-likeness (QED) is 0.831. The number of hydrogen-bond donors (Lipinski definition) is 0. The van der Waals surface area contributed by atoms with Gasteiger partial charge >= 0.3 is 0 Å². The number of rotatable bonds is 5. The Balaban J connectivity index is 1.78. The first-order valence-corrected chi connectivity index (χ1v) is 6.41. The van der Waals surface area contributed by atoms with E-state index in [1.165, 1.54) is 12.8 Å². The summed E-state index contributed by atoms with van der Waals surface area (Å²) in [5.41, 5.74) is 1.15. The molecule has 88 valence electrons. The summed E-state index contributed by atoms with van der Waals surface area (Å²) in [7, 11) is 2.15. The van der Waals surface area contributed by atoms with Crippen LogP contribution in [0.2, 0.25) is 0 Å². The lowest BCUT2D eigenvalue weighted by Crippen LogP contribution is -2.26. The van der Waals surface area contributed by atoms with E-state index in [0.717, 1.165) is 22.6 Å². The number of aromatic nitrogens is 1. The summed E-state index contributed by atoms with van der Waals surface area (Å²) in [4.78, 5) is 6.56. The third-order valence-corrected chi connectivity index (χ3v) is 3.72. The van der Waals surface area contributed by atoms with Gasteiger partial charge in [0.05, 0.1) is 0 Å². The Hall–Kier alpha value is -0.610. The minimum Gasteiger partial charge on any atom is -0.476 e. The maximum absolute atomic E-state index is 5.62. The maximum Gasteiger partial charge on any atom is 0.213 e. The second kappa shape index (κ2) is 5.15. The van der Waals surface area contributed by atoms with Crippen LogP contribution in [0.4, 0.5) is 0 Å². The van der Waals surface area contributed by atoms with Gasteiger partial charge < -0.3 is 9.64 Å². The summed E-state index contributed by atoms with van der Waals surface area (Å²) >= 11 is 3.42. The SMILES string of the molecule is Cc1cc(OCCN(C)C2CC2)ncc1Br. The van der Waals surface area contributed by atoms with E-state index in [-0.39, 0.29) is 0 Å². The molecule has 0 N–H and O–H groups in total. The molecule has 2 rings (SSSR count). The topological polar surface area (TPSA) is 25.4 Å². The van der Waals surface area contributed by atoms with Crippen molar-refractivity contribution < 1.29 is 4.74 Å². The van der Waals surface area contributed by atoms with Crippen molar-refractivity contribution in [2.45, 2.75) is 25.8 Å². The standard InChI is InChI=1S/C12H17BrN2O/c1-9-7-12(14-8-11(9)13)16-6-5-15(2)10-3-4-10/h7-8,10H,3-6H2,1-2H3. The molecule has 0 bridgehead atoms. The van der Waals surface area contributed by atoms with Crippen LogP contribution in [0.5, 0.6) is 5.88 Å². The minimum absolute atomic E-state index is 0.709. The average Bonchev–Trinajstić information content (AvgIpc) is 3.07. The summed E-state index contributed by atoms with van der Waals surface area (Å²) in [6.07, 6.45) is 4.47. The highest BCUT2D eigenvalue weighted by Gasteiger charge is 2.25. The maximum atomic E-state index is 5.62. The number of pyridine rings is 1. The molecule has 1 aromatic rings. The van der Waals surface area contributed by atoms with Gasteiger partial charge in [-0.1, -0.05) is 0 Å². The number of ether oxygens (including phenoxy) is 1. The molecule has 4 heteroatoms. The minimum atomic E-state index is 0.709. The first kappa shape index (κ1) is 11.9. The van der Waals surface area contributed by atoms with E-state index >= 15 is 0 Å². The monoisotopic (exact) mass is 284 g/mol. The van der Waals surface area contributed by atoms with Crippen molar-refractivity contribution in [3.63, 3.8) is 0 Å². The van der Waals surface area contributed by atoms with Crippen molar-refractivity contribution in [3.05, 3.63) is 22.3 Å². The summed E-state index contributed by atoms with van der Waals surface area (Å²) in [5, 5.41) is 0. The van der Waals surface area contributed by atoms with Crippen molar-refractivity contribution in [3.8, 4) is 5.88 Å². The fourth-order valence-electron chi connectivity index (χ4n) is 1.58. The molecule has 16 heavy (non-hydrogen) atoms. The van der Waals surface area contributed by atoms with Crippen molar-refractivity contribution >= 4 is 15.9 Å². The van der Waals surface area contributed by atoms with E-state index in [2.05, 4.69) is 32.9 Å². The largest absolute Gasteiger partial charge is 0.476 e. The summed E-state index contributed by atoms with van der Waals surface area (Å²) < 4.78 is 6.64. The van der Waals surface area contributed by atoms with E-state index in [9.17, 15) is 0 Å². The molecule has 0 aliphatic heterocycles. The molecule has 0 atom stereocenters. The smallest absolute Gasteiger partial charge is 0.213 e. The first-order valence-electron chi connectivity index (χ1n) is 5.62. The van der Waals surface area contributed by atoms with Crippen LogP contribution in [0, 0.1) is 6.92 Å². The Kier molecular flexibility index (Phi) is 3.82. The molecule has 3 nitrogen and oxygen atoms in total. The Morgan fingerprint density at radius 2 is 2.31 bits per heavy atom. The summed E-state index contributed by atoms with van der Waals surface area (Å²) in [5.74, 6) is 0.713. The van der Waals surface area contributed by atoms with Crippen LogP contribution in [-0.4, -0.2) is 36.1 Å². The second-order valence-electron chi connectivity index (χ2n) is 4.33. The second-order valence-corrected chi connectivity index (χ2v) is 5.19. The summed E-state index contributed by atoms with van der Waals surface area (Å²) in [6.45, 7) is 3.72. The molecule has 1 aliphatic carbocycles. The van der Waals surface area contributed by atoms with Crippen molar-refractivity contribution in [1.82, 2.24) is 9.88 Å². The lowest BCUT2D eigenvalue weighted by atomic mass is 10.3. The van der Waals surface area contributed by atoms with Crippen molar-refractivity contribution in [2.75, 3.05) is 20.2 Å². The van der Waals surface area contributed by atoms with Crippen molar-refractivity contribution in [2.24, 2.45) is 0 Å². The molecule has 0 amide bonds. The molecular formula is C12H17BrN2O. The molecule has 1 aliphatic rings. The van der Waals surface area contributed by atoms with Gasteiger partial charge in [0, 0.05) is 29.3 Å². The van der Waals surface area contributed by atoms with Crippen LogP contribution in [0.15, 0.2) is 16.7 Å². The highest BCUT2D eigenvalue weighted by atomic mass is 79.9. The van der Waals surface area contributed by atoms with Gasteiger partial charge in [-0.3, -0.25) is 0 Å². The molecule has 0 spiro atoms. The van der Waals surface area contributed by atoms with E-state index < -0.39 is 0 Å². The molecule has 0 aromatic carbocycles.